The van der Waals surface area contributed by atoms with Gasteiger partial charge in [0.1, 0.15) is 5.70 Å². The van der Waals surface area contributed by atoms with E-state index >= 15 is 0 Å². The van der Waals surface area contributed by atoms with E-state index in [9.17, 15) is 19.8 Å². The molecule has 1 saturated heterocycles. The zero-order valence-electron chi connectivity index (χ0n) is 13.4. The van der Waals surface area contributed by atoms with E-state index in [1.807, 2.05) is 6.92 Å². The molecule has 7 heteroatoms. The Labute approximate surface area is 140 Å². The minimum atomic E-state index is -1.05. The van der Waals surface area contributed by atoms with Crippen LogP contribution in [0.5, 0.6) is 0 Å². The van der Waals surface area contributed by atoms with Crippen LogP contribution in [0, 0.1) is 17.8 Å². The lowest BCUT2D eigenvalue weighted by Gasteiger charge is -2.46. The summed E-state index contributed by atoms with van der Waals surface area (Å²) in [6.45, 7) is 4.17. The molecule has 6 atom stereocenters. The van der Waals surface area contributed by atoms with Gasteiger partial charge in [0.25, 0.3) is 0 Å². The summed E-state index contributed by atoms with van der Waals surface area (Å²) in [5.41, 5.74) is 5.96. The van der Waals surface area contributed by atoms with Crippen LogP contribution in [0.25, 0.3) is 0 Å². The molecule has 2 heterocycles. The number of carbonyl (C=O) groups excluding carboxylic acids is 1. The van der Waals surface area contributed by atoms with Crippen LogP contribution in [0.4, 0.5) is 0 Å². The van der Waals surface area contributed by atoms with Gasteiger partial charge in [0, 0.05) is 16.1 Å². The molecule has 0 aromatic carbocycles. The molecule has 3 rings (SSSR count). The average Bonchev–Trinajstić information content (AvgIpc) is 3.01. The summed E-state index contributed by atoms with van der Waals surface area (Å²) in [6.07, 6.45) is 2.48. The highest BCUT2D eigenvalue weighted by Gasteiger charge is 2.60. The van der Waals surface area contributed by atoms with E-state index in [2.05, 4.69) is 0 Å². The molecule has 2 aliphatic heterocycles. The first-order valence-corrected chi connectivity index (χ1v) is 9.11. The third-order valence-corrected chi connectivity index (χ3v) is 7.22. The Bertz CT molecular complexity index is 562. The van der Waals surface area contributed by atoms with E-state index in [1.54, 1.807) is 18.7 Å². The van der Waals surface area contributed by atoms with Crippen molar-refractivity contribution in [1.82, 2.24) is 4.90 Å². The number of carboxylic acid groups (broad SMARTS) is 1. The second-order valence-electron chi connectivity index (χ2n) is 6.85. The fourth-order valence-electron chi connectivity index (χ4n) is 4.27. The predicted octanol–water partition coefficient (Wildman–Crippen LogP) is 1.00. The smallest absolute Gasteiger partial charge is 0.353 e. The van der Waals surface area contributed by atoms with Crippen LogP contribution >= 0.6 is 11.8 Å². The maximum Gasteiger partial charge on any atom is 0.353 e. The van der Waals surface area contributed by atoms with Crippen molar-refractivity contribution in [2.45, 2.75) is 50.5 Å². The van der Waals surface area contributed by atoms with Crippen molar-refractivity contribution in [3.63, 3.8) is 0 Å². The van der Waals surface area contributed by atoms with Crippen LogP contribution in [-0.4, -0.2) is 50.9 Å². The molecular formula is C16H24N2O4S. The van der Waals surface area contributed by atoms with Crippen LogP contribution < -0.4 is 5.73 Å². The highest BCUT2D eigenvalue weighted by Crippen LogP contribution is 2.53. The van der Waals surface area contributed by atoms with E-state index in [-0.39, 0.29) is 23.6 Å². The molecule has 4 N–H and O–H groups in total. The number of thioether (sulfide) groups is 1. The number of amides is 1. The van der Waals surface area contributed by atoms with Crippen LogP contribution in [0.3, 0.4) is 0 Å². The largest absolute Gasteiger partial charge is 0.477 e. The first-order chi connectivity index (χ1) is 10.9. The van der Waals surface area contributed by atoms with E-state index in [0.717, 1.165) is 24.2 Å². The Balaban J connectivity index is 1.89. The van der Waals surface area contributed by atoms with Gasteiger partial charge in [-0.1, -0.05) is 13.3 Å². The van der Waals surface area contributed by atoms with Crippen LogP contribution in [-0.2, 0) is 9.59 Å². The summed E-state index contributed by atoms with van der Waals surface area (Å²) in [5, 5.41) is 19.8. The monoisotopic (exact) mass is 340 g/mol. The van der Waals surface area contributed by atoms with Crippen molar-refractivity contribution in [1.29, 1.82) is 0 Å². The highest BCUT2D eigenvalue weighted by atomic mass is 32.2. The first kappa shape index (κ1) is 16.8. The van der Waals surface area contributed by atoms with Crippen molar-refractivity contribution in [3.05, 3.63) is 10.6 Å². The minimum absolute atomic E-state index is 0.0533. The van der Waals surface area contributed by atoms with Crippen LogP contribution in [0.2, 0.25) is 0 Å². The predicted molar refractivity (Wildman–Crippen MR) is 87.4 cm³/mol. The molecule has 2 fully saturated rings. The number of rotatable bonds is 5. The number of carbonyl (C=O) groups is 2. The van der Waals surface area contributed by atoms with Crippen molar-refractivity contribution in [2.24, 2.45) is 23.5 Å². The molecule has 0 aromatic heterocycles. The van der Waals surface area contributed by atoms with Crippen molar-refractivity contribution in [2.75, 3.05) is 6.54 Å². The zero-order valence-corrected chi connectivity index (χ0v) is 14.3. The van der Waals surface area contributed by atoms with Crippen molar-refractivity contribution >= 4 is 23.6 Å². The molecule has 1 amide bonds. The van der Waals surface area contributed by atoms with Gasteiger partial charge in [-0.25, -0.2) is 4.79 Å². The molecular weight excluding hydrogens is 316 g/mol. The van der Waals surface area contributed by atoms with E-state index in [1.165, 1.54) is 4.90 Å². The first-order valence-electron chi connectivity index (χ1n) is 8.23. The SMILES string of the molecule is C[C@@H](O)[C@H]1C(=O)N2C(C(=O)O)=C(S[C@@H]3CCC[C@@H]3CN)[C@H](C)[C@H]12. The Kier molecular flexibility index (Phi) is 4.46. The lowest BCUT2D eigenvalue weighted by atomic mass is 9.79. The lowest BCUT2D eigenvalue weighted by molar-refractivity contribution is -0.163. The van der Waals surface area contributed by atoms with Gasteiger partial charge in [-0.2, -0.15) is 0 Å². The molecule has 0 bridgehead atoms. The van der Waals surface area contributed by atoms with Gasteiger partial charge < -0.3 is 20.8 Å². The maximum atomic E-state index is 12.3. The second-order valence-corrected chi connectivity index (χ2v) is 8.14. The summed E-state index contributed by atoms with van der Waals surface area (Å²) in [7, 11) is 0. The quantitative estimate of drug-likeness (QED) is 0.645. The van der Waals surface area contributed by atoms with Crippen molar-refractivity contribution < 1.29 is 19.8 Å². The Morgan fingerprint density at radius 2 is 2.17 bits per heavy atom. The van der Waals surface area contributed by atoms with E-state index in [4.69, 9.17) is 5.73 Å². The molecule has 1 aliphatic carbocycles. The highest BCUT2D eigenvalue weighted by molar-refractivity contribution is 8.03. The van der Waals surface area contributed by atoms with E-state index < -0.39 is 18.0 Å². The van der Waals surface area contributed by atoms with Crippen molar-refractivity contribution in [3.8, 4) is 0 Å². The van der Waals surface area contributed by atoms with Crippen LogP contribution in [0.15, 0.2) is 10.6 Å². The summed E-state index contributed by atoms with van der Waals surface area (Å²) in [6, 6.07) is -0.228. The van der Waals surface area contributed by atoms with Gasteiger partial charge in [0.2, 0.25) is 5.91 Å². The normalized spacial score (nSPS) is 37.8. The number of β-lactam (4-membered cyclic amide) rings is 1. The van der Waals surface area contributed by atoms with Gasteiger partial charge in [0.05, 0.1) is 18.1 Å². The number of hydrogen-bond donors (Lipinski definition) is 3. The standard InChI is InChI=1S/C16H24N2O4S/c1-7-12-11(8(2)19)15(20)18(12)13(16(21)22)14(7)23-10-5-3-4-9(10)6-17/h7-12,19H,3-6,17H2,1-2H3,(H,21,22)/t7-,8-,9-,10-,11-,12-/m1/s1. The number of aliphatic carboxylic acids is 1. The Morgan fingerprint density at radius 3 is 2.74 bits per heavy atom. The number of fused-ring (bicyclic) bond motifs is 1. The number of aliphatic hydroxyl groups is 1. The molecule has 0 radical (unpaired) electrons. The Morgan fingerprint density at radius 1 is 1.48 bits per heavy atom. The fourth-order valence-corrected chi connectivity index (χ4v) is 5.97. The zero-order chi connectivity index (χ0) is 16.9. The van der Waals surface area contributed by atoms with Gasteiger partial charge in [-0.3, -0.25) is 4.79 Å². The molecule has 1 saturated carbocycles. The summed E-state index contributed by atoms with van der Waals surface area (Å²) < 4.78 is 0. The number of carboxylic acids is 1. The number of hydrogen-bond acceptors (Lipinski definition) is 5. The molecule has 0 unspecified atom stereocenters. The van der Waals surface area contributed by atoms with Crippen LogP contribution in [0.1, 0.15) is 33.1 Å². The fraction of sp³-hybridized carbons (Fsp3) is 0.750. The number of nitrogens with two attached hydrogens (primary N) is 1. The summed E-state index contributed by atoms with van der Waals surface area (Å²) >= 11 is 1.60. The third-order valence-electron chi connectivity index (χ3n) is 5.48. The minimum Gasteiger partial charge on any atom is -0.477 e. The average molecular weight is 340 g/mol. The molecule has 23 heavy (non-hydrogen) atoms. The van der Waals surface area contributed by atoms with Gasteiger partial charge in [-0.05, 0) is 32.2 Å². The number of nitrogens with zero attached hydrogens (tertiary/aromatic N) is 1. The third kappa shape index (κ3) is 2.49. The molecule has 6 nitrogen and oxygen atoms in total. The topological polar surface area (TPSA) is 104 Å². The van der Waals surface area contributed by atoms with Gasteiger partial charge >= 0.3 is 5.97 Å². The molecule has 0 spiro atoms. The molecule has 128 valence electrons. The summed E-state index contributed by atoms with van der Waals surface area (Å²) in [5.74, 6) is -1.46. The molecule has 0 aromatic rings. The number of aliphatic hydroxyl groups excluding tert-OH is 1. The summed E-state index contributed by atoms with van der Waals surface area (Å²) in [4.78, 5) is 26.2. The molecule has 3 aliphatic rings. The van der Waals surface area contributed by atoms with Gasteiger partial charge in [0.15, 0.2) is 0 Å². The van der Waals surface area contributed by atoms with E-state index in [0.29, 0.717) is 17.7 Å². The maximum absolute atomic E-state index is 12.3. The Hall–Kier alpha value is -1.05. The second kappa shape index (κ2) is 6.11. The van der Waals surface area contributed by atoms with Gasteiger partial charge in [-0.15, -0.1) is 11.8 Å². The lowest BCUT2D eigenvalue weighted by Crippen LogP contribution is -2.63.